The van der Waals surface area contributed by atoms with Crippen LogP contribution in [-0.2, 0) is 14.4 Å². The molecule has 0 aromatic rings. The van der Waals surface area contributed by atoms with Crippen LogP contribution in [0.5, 0.6) is 0 Å². The molecule has 7 nitrogen and oxygen atoms in total. The highest BCUT2D eigenvalue weighted by Gasteiger charge is 2.32. The molecule has 1 unspecified atom stereocenters. The lowest BCUT2D eigenvalue weighted by Gasteiger charge is -2.39. The Balaban J connectivity index is 1.72. The highest BCUT2D eigenvalue weighted by molar-refractivity contribution is 5.82. The third-order valence-corrected chi connectivity index (χ3v) is 5.92. The van der Waals surface area contributed by atoms with E-state index in [2.05, 4.69) is 17.1 Å². The number of rotatable bonds is 7. The third-order valence-electron chi connectivity index (χ3n) is 5.92. The first-order chi connectivity index (χ1) is 12.9. The van der Waals surface area contributed by atoms with Crippen LogP contribution < -0.4 is 5.32 Å². The second kappa shape index (κ2) is 10.6. The molecule has 0 aromatic carbocycles. The summed E-state index contributed by atoms with van der Waals surface area (Å²) in [5.74, 6) is 0.459. The van der Waals surface area contributed by atoms with Crippen molar-refractivity contribution in [3.8, 4) is 0 Å². The summed E-state index contributed by atoms with van der Waals surface area (Å²) in [5, 5.41) is 3.05. The van der Waals surface area contributed by atoms with Crippen LogP contribution in [-0.4, -0.2) is 84.3 Å². The van der Waals surface area contributed by atoms with E-state index in [9.17, 15) is 14.4 Å². The number of hydrogen-bond donors (Lipinski definition) is 1. The summed E-state index contributed by atoms with van der Waals surface area (Å²) in [7, 11) is 0. The Morgan fingerprint density at radius 1 is 0.963 bits per heavy atom. The van der Waals surface area contributed by atoms with E-state index in [1.807, 2.05) is 11.8 Å². The summed E-state index contributed by atoms with van der Waals surface area (Å²) >= 11 is 0. The van der Waals surface area contributed by atoms with Crippen molar-refractivity contribution in [3.05, 3.63) is 0 Å². The summed E-state index contributed by atoms with van der Waals surface area (Å²) in [6.07, 6.45) is 4.98. The SMILES string of the molecule is CCCCCNC(=O)C1CCN(C(C)C(=O)N2CCN(C(C)=O)CC2)CC1. The van der Waals surface area contributed by atoms with Crippen molar-refractivity contribution >= 4 is 17.7 Å². The average molecular weight is 381 g/mol. The molecule has 0 aromatic heterocycles. The molecule has 0 bridgehead atoms. The van der Waals surface area contributed by atoms with Gasteiger partial charge in [0.2, 0.25) is 17.7 Å². The molecule has 0 radical (unpaired) electrons. The zero-order valence-electron chi connectivity index (χ0n) is 17.2. The number of amides is 3. The van der Waals surface area contributed by atoms with E-state index in [0.29, 0.717) is 26.2 Å². The van der Waals surface area contributed by atoms with Crippen LogP contribution in [0.2, 0.25) is 0 Å². The molecule has 3 amide bonds. The molecule has 0 aliphatic carbocycles. The van der Waals surface area contributed by atoms with Crippen LogP contribution >= 0.6 is 0 Å². The molecule has 2 aliphatic heterocycles. The Hall–Kier alpha value is -1.63. The van der Waals surface area contributed by atoms with E-state index in [0.717, 1.165) is 51.7 Å². The molecule has 154 valence electrons. The Morgan fingerprint density at radius 3 is 2.11 bits per heavy atom. The number of nitrogens with one attached hydrogen (secondary N) is 1. The molecule has 2 aliphatic rings. The third kappa shape index (κ3) is 6.19. The molecule has 2 heterocycles. The van der Waals surface area contributed by atoms with Gasteiger partial charge in [0.25, 0.3) is 0 Å². The van der Waals surface area contributed by atoms with Gasteiger partial charge in [-0.1, -0.05) is 19.8 Å². The molecule has 27 heavy (non-hydrogen) atoms. The lowest BCUT2D eigenvalue weighted by Crippen LogP contribution is -2.56. The first-order valence-electron chi connectivity index (χ1n) is 10.5. The minimum absolute atomic E-state index is 0.0734. The molecule has 1 N–H and O–H groups in total. The fourth-order valence-electron chi connectivity index (χ4n) is 3.94. The quantitative estimate of drug-likeness (QED) is 0.671. The van der Waals surface area contributed by atoms with Crippen LogP contribution in [0.1, 0.15) is 52.9 Å². The van der Waals surface area contributed by atoms with E-state index >= 15 is 0 Å². The normalized spacial score (nSPS) is 20.4. The van der Waals surface area contributed by atoms with Gasteiger partial charge in [-0.25, -0.2) is 0 Å². The second-order valence-electron chi connectivity index (χ2n) is 7.82. The van der Waals surface area contributed by atoms with Crippen molar-refractivity contribution in [2.75, 3.05) is 45.8 Å². The number of nitrogens with zero attached hydrogens (tertiary/aromatic N) is 3. The van der Waals surface area contributed by atoms with Crippen molar-refractivity contribution in [1.29, 1.82) is 0 Å². The minimum atomic E-state index is -0.164. The molecular weight excluding hydrogens is 344 g/mol. The first-order valence-corrected chi connectivity index (χ1v) is 10.5. The Labute approximate surface area is 163 Å². The van der Waals surface area contributed by atoms with E-state index in [1.54, 1.807) is 11.8 Å². The van der Waals surface area contributed by atoms with E-state index in [-0.39, 0.29) is 29.7 Å². The van der Waals surface area contributed by atoms with Crippen LogP contribution in [0.15, 0.2) is 0 Å². The van der Waals surface area contributed by atoms with Gasteiger partial charge in [-0.05, 0) is 39.3 Å². The van der Waals surface area contributed by atoms with Gasteiger partial charge < -0.3 is 15.1 Å². The van der Waals surface area contributed by atoms with Crippen molar-refractivity contribution in [1.82, 2.24) is 20.0 Å². The zero-order chi connectivity index (χ0) is 19.8. The monoisotopic (exact) mass is 380 g/mol. The standard InChI is InChI=1S/C20H36N4O3/c1-4-5-6-9-21-19(26)18-7-10-22(11-8-18)16(2)20(27)24-14-12-23(13-15-24)17(3)25/h16,18H,4-15H2,1-3H3,(H,21,26). The molecular formula is C20H36N4O3. The van der Waals surface area contributed by atoms with Crippen LogP contribution in [0.4, 0.5) is 0 Å². The fourth-order valence-corrected chi connectivity index (χ4v) is 3.94. The maximum Gasteiger partial charge on any atom is 0.239 e. The highest BCUT2D eigenvalue weighted by Crippen LogP contribution is 2.20. The fraction of sp³-hybridized carbons (Fsp3) is 0.850. The van der Waals surface area contributed by atoms with Gasteiger partial charge in [-0.2, -0.15) is 0 Å². The Kier molecular flexibility index (Phi) is 8.54. The highest BCUT2D eigenvalue weighted by atomic mass is 16.2. The van der Waals surface area contributed by atoms with Gasteiger partial charge in [0.1, 0.15) is 0 Å². The number of unbranched alkanes of at least 4 members (excludes halogenated alkanes) is 2. The van der Waals surface area contributed by atoms with Gasteiger partial charge in [0.05, 0.1) is 6.04 Å². The predicted molar refractivity (Wildman–Crippen MR) is 105 cm³/mol. The summed E-state index contributed by atoms with van der Waals surface area (Å²) in [6.45, 7) is 10.5. The van der Waals surface area contributed by atoms with Gasteiger partial charge in [0.15, 0.2) is 0 Å². The number of carbonyl (C=O) groups excluding carboxylic acids is 3. The first kappa shape index (κ1) is 21.7. The van der Waals surface area contributed by atoms with Crippen molar-refractivity contribution in [2.24, 2.45) is 5.92 Å². The van der Waals surface area contributed by atoms with Gasteiger partial charge >= 0.3 is 0 Å². The van der Waals surface area contributed by atoms with Crippen molar-refractivity contribution in [2.45, 2.75) is 58.9 Å². The van der Waals surface area contributed by atoms with E-state index < -0.39 is 0 Å². The number of piperidine rings is 1. The Morgan fingerprint density at radius 2 is 1.56 bits per heavy atom. The summed E-state index contributed by atoms with van der Waals surface area (Å²) in [4.78, 5) is 42.3. The maximum atomic E-state index is 12.8. The molecule has 0 saturated carbocycles. The van der Waals surface area contributed by atoms with E-state index in [1.165, 1.54) is 0 Å². The predicted octanol–water partition coefficient (Wildman–Crippen LogP) is 1.08. The lowest BCUT2D eigenvalue weighted by atomic mass is 9.94. The Bertz CT molecular complexity index is 509. The second-order valence-corrected chi connectivity index (χ2v) is 7.82. The topological polar surface area (TPSA) is 73.0 Å². The largest absolute Gasteiger partial charge is 0.356 e. The summed E-state index contributed by atoms with van der Waals surface area (Å²) in [5.41, 5.74) is 0. The summed E-state index contributed by atoms with van der Waals surface area (Å²) in [6, 6.07) is -0.164. The summed E-state index contributed by atoms with van der Waals surface area (Å²) < 4.78 is 0. The molecule has 2 fully saturated rings. The molecule has 1 atom stereocenters. The zero-order valence-corrected chi connectivity index (χ0v) is 17.2. The van der Waals surface area contributed by atoms with Crippen molar-refractivity contribution < 1.29 is 14.4 Å². The lowest BCUT2D eigenvalue weighted by molar-refractivity contribution is -0.142. The minimum Gasteiger partial charge on any atom is -0.356 e. The number of piperazine rings is 1. The van der Waals surface area contributed by atoms with Crippen LogP contribution in [0.3, 0.4) is 0 Å². The molecule has 7 heteroatoms. The molecule has 2 rings (SSSR count). The number of likely N-dealkylation sites (tertiary alicyclic amines) is 1. The number of hydrogen-bond acceptors (Lipinski definition) is 4. The van der Waals surface area contributed by atoms with E-state index in [4.69, 9.17) is 0 Å². The molecule has 0 spiro atoms. The van der Waals surface area contributed by atoms with Crippen molar-refractivity contribution in [3.63, 3.8) is 0 Å². The number of carbonyl (C=O) groups is 3. The maximum absolute atomic E-state index is 12.8. The van der Waals surface area contributed by atoms with Gasteiger partial charge in [0, 0.05) is 45.6 Å². The van der Waals surface area contributed by atoms with Crippen LogP contribution in [0, 0.1) is 5.92 Å². The van der Waals surface area contributed by atoms with Gasteiger partial charge in [-0.15, -0.1) is 0 Å². The van der Waals surface area contributed by atoms with Crippen LogP contribution in [0.25, 0.3) is 0 Å². The molecule has 2 saturated heterocycles. The smallest absolute Gasteiger partial charge is 0.239 e. The van der Waals surface area contributed by atoms with Gasteiger partial charge in [-0.3, -0.25) is 19.3 Å². The average Bonchev–Trinajstić information content (AvgIpc) is 2.70.